The van der Waals surface area contributed by atoms with Crippen LogP contribution in [0.25, 0.3) is 0 Å². The molecule has 2 aliphatic rings. The SMILES string of the molecule is CCC1(C)CN(C2CCCC(OC)C2)CCCN1. The minimum atomic E-state index is 0.302. The van der Waals surface area contributed by atoms with Crippen LogP contribution in [0.15, 0.2) is 0 Å². The zero-order valence-corrected chi connectivity index (χ0v) is 12.4. The molecule has 0 aromatic carbocycles. The lowest BCUT2D eigenvalue weighted by Gasteiger charge is -2.40. The first-order valence-electron chi connectivity index (χ1n) is 7.69. The first kappa shape index (κ1) is 14.3. The summed E-state index contributed by atoms with van der Waals surface area (Å²) in [6.45, 7) is 8.30. The van der Waals surface area contributed by atoms with E-state index in [1.54, 1.807) is 0 Å². The molecule has 0 amide bonds. The Balaban J connectivity index is 1.97. The normalized spacial score (nSPS) is 39.5. The topological polar surface area (TPSA) is 24.5 Å². The average molecular weight is 254 g/mol. The van der Waals surface area contributed by atoms with E-state index in [1.807, 2.05) is 7.11 Å². The van der Waals surface area contributed by atoms with E-state index in [1.165, 1.54) is 58.2 Å². The maximum atomic E-state index is 5.58. The predicted molar refractivity (Wildman–Crippen MR) is 75.9 cm³/mol. The molecule has 1 aliphatic heterocycles. The van der Waals surface area contributed by atoms with E-state index in [2.05, 4.69) is 24.1 Å². The summed E-state index contributed by atoms with van der Waals surface area (Å²) in [6.07, 6.45) is 8.16. The Hall–Kier alpha value is -0.120. The summed E-state index contributed by atoms with van der Waals surface area (Å²) in [6, 6.07) is 0.745. The van der Waals surface area contributed by atoms with Gasteiger partial charge in [-0.15, -0.1) is 0 Å². The number of rotatable bonds is 3. The molecule has 1 aliphatic carbocycles. The highest BCUT2D eigenvalue weighted by molar-refractivity contribution is 4.91. The second-order valence-corrected chi connectivity index (χ2v) is 6.34. The number of methoxy groups -OCH3 is 1. The Labute approximate surface area is 112 Å². The zero-order chi connectivity index (χ0) is 13.0. The summed E-state index contributed by atoms with van der Waals surface area (Å²) < 4.78 is 5.58. The number of ether oxygens (including phenoxy) is 1. The van der Waals surface area contributed by atoms with Gasteiger partial charge in [0.25, 0.3) is 0 Å². The van der Waals surface area contributed by atoms with Gasteiger partial charge < -0.3 is 10.1 Å². The van der Waals surface area contributed by atoms with Crippen molar-refractivity contribution in [2.24, 2.45) is 0 Å². The Morgan fingerprint density at radius 2 is 2.17 bits per heavy atom. The van der Waals surface area contributed by atoms with Crippen molar-refractivity contribution in [3.05, 3.63) is 0 Å². The summed E-state index contributed by atoms with van der Waals surface area (Å²) in [5.41, 5.74) is 0.302. The van der Waals surface area contributed by atoms with Crippen LogP contribution < -0.4 is 5.32 Å². The van der Waals surface area contributed by atoms with Crippen LogP contribution in [0.4, 0.5) is 0 Å². The number of nitrogens with one attached hydrogen (secondary N) is 1. The van der Waals surface area contributed by atoms with E-state index in [0.717, 1.165) is 6.04 Å². The standard InChI is InChI=1S/C15H30N2O/c1-4-15(2)12-17(10-6-9-16-15)13-7-5-8-14(11-13)18-3/h13-14,16H,4-12H2,1-3H3. The van der Waals surface area contributed by atoms with Gasteiger partial charge in [-0.05, 0) is 58.5 Å². The monoisotopic (exact) mass is 254 g/mol. The largest absolute Gasteiger partial charge is 0.381 e. The van der Waals surface area contributed by atoms with E-state index < -0.39 is 0 Å². The lowest BCUT2D eigenvalue weighted by atomic mass is 9.90. The molecule has 1 saturated carbocycles. The second kappa shape index (κ2) is 6.36. The van der Waals surface area contributed by atoms with E-state index in [4.69, 9.17) is 4.74 Å². The molecule has 0 bridgehead atoms. The van der Waals surface area contributed by atoms with Gasteiger partial charge in [-0.3, -0.25) is 4.90 Å². The quantitative estimate of drug-likeness (QED) is 0.837. The van der Waals surface area contributed by atoms with Crippen LogP contribution in [0.1, 0.15) is 52.4 Å². The van der Waals surface area contributed by atoms with Gasteiger partial charge in [0.1, 0.15) is 0 Å². The summed E-state index contributed by atoms with van der Waals surface area (Å²) in [5.74, 6) is 0. The molecule has 1 N–H and O–H groups in total. The first-order chi connectivity index (χ1) is 8.67. The highest BCUT2D eigenvalue weighted by Crippen LogP contribution is 2.27. The summed E-state index contributed by atoms with van der Waals surface area (Å²) in [7, 11) is 1.87. The van der Waals surface area contributed by atoms with Crippen LogP contribution in [-0.2, 0) is 4.74 Å². The van der Waals surface area contributed by atoms with Crippen LogP contribution in [0.5, 0.6) is 0 Å². The Morgan fingerprint density at radius 1 is 1.33 bits per heavy atom. The van der Waals surface area contributed by atoms with Crippen molar-refractivity contribution in [2.75, 3.05) is 26.7 Å². The van der Waals surface area contributed by atoms with E-state index >= 15 is 0 Å². The fraction of sp³-hybridized carbons (Fsp3) is 1.00. The van der Waals surface area contributed by atoms with Gasteiger partial charge in [0.15, 0.2) is 0 Å². The fourth-order valence-corrected chi connectivity index (χ4v) is 3.47. The lowest BCUT2D eigenvalue weighted by molar-refractivity contribution is 0.0234. The van der Waals surface area contributed by atoms with Gasteiger partial charge in [-0.1, -0.05) is 6.92 Å². The smallest absolute Gasteiger partial charge is 0.0586 e. The molecule has 2 rings (SSSR count). The van der Waals surface area contributed by atoms with Gasteiger partial charge in [0.2, 0.25) is 0 Å². The van der Waals surface area contributed by atoms with Crippen molar-refractivity contribution in [1.82, 2.24) is 10.2 Å². The third-order valence-electron chi connectivity index (χ3n) is 4.95. The van der Waals surface area contributed by atoms with Gasteiger partial charge in [0, 0.05) is 25.2 Å². The molecular weight excluding hydrogens is 224 g/mol. The van der Waals surface area contributed by atoms with Crippen LogP contribution in [0.3, 0.4) is 0 Å². The highest BCUT2D eigenvalue weighted by atomic mass is 16.5. The average Bonchev–Trinajstić information content (AvgIpc) is 2.62. The van der Waals surface area contributed by atoms with Crippen molar-refractivity contribution >= 4 is 0 Å². The molecule has 1 saturated heterocycles. The molecule has 106 valence electrons. The number of hydrogen-bond donors (Lipinski definition) is 1. The Bertz CT molecular complexity index is 259. The Morgan fingerprint density at radius 3 is 2.89 bits per heavy atom. The summed E-state index contributed by atoms with van der Waals surface area (Å²) >= 11 is 0. The van der Waals surface area contributed by atoms with Gasteiger partial charge in [0.05, 0.1) is 6.10 Å². The zero-order valence-electron chi connectivity index (χ0n) is 12.4. The molecule has 0 aromatic heterocycles. The van der Waals surface area contributed by atoms with Crippen molar-refractivity contribution in [2.45, 2.75) is 70.1 Å². The molecule has 3 heteroatoms. The summed E-state index contributed by atoms with van der Waals surface area (Å²) in [5, 5.41) is 3.73. The van der Waals surface area contributed by atoms with E-state index in [0.29, 0.717) is 11.6 Å². The second-order valence-electron chi connectivity index (χ2n) is 6.34. The molecule has 0 spiro atoms. The molecule has 18 heavy (non-hydrogen) atoms. The molecule has 0 aromatic rings. The van der Waals surface area contributed by atoms with Crippen LogP contribution >= 0.6 is 0 Å². The van der Waals surface area contributed by atoms with Crippen LogP contribution in [-0.4, -0.2) is 49.3 Å². The maximum Gasteiger partial charge on any atom is 0.0586 e. The first-order valence-corrected chi connectivity index (χ1v) is 7.69. The van der Waals surface area contributed by atoms with Crippen LogP contribution in [0, 0.1) is 0 Å². The van der Waals surface area contributed by atoms with Gasteiger partial charge >= 0.3 is 0 Å². The Kier molecular flexibility index (Phi) is 5.05. The molecule has 0 radical (unpaired) electrons. The van der Waals surface area contributed by atoms with Crippen molar-refractivity contribution in [3.63, 3.8) is 0 Å². The minimum Gasteiger partial charge on any atom is -0.381 e. The van der Waals surface area contributed by atoms with Gasteiger partial charge in [-0.2, -0.15) is 0 Å². The molecule has 2 fully saturated rings. The minimum absolute atomic E-state index is 0.302. The third kappa shape index (κ3) is 3.46. The number of hydrogen-bond acceptors (Lipinski definition) is 3. The highest BCUT2D eigenvalue weighted by Gasteiger charge is 2.33. The molecule has 3 unspecified atom stereocenters. The van der Waals surface area contributed by atoms with E-state index in [9.17, 15) is 0 Å². The predicted octanol–water partition coefficient (Wildman–Crippen LogP) is 2.41. The third-order valence-corrected chi connectivity index (χ3v) is 4.95. The van der Waals surface area contributed by atoms with Crippen molar-refractivity contribution in [1.29, 1.82) is 0 Å². The fourth-order valence-electron chi connectivity index (χ4n) is 3.47. The van der Waals surface area contributed by atoms with Crippen molar-refractivity contribution in [3.8, 4) is 0 Å². The van der Waals surface area contributed by atoms with E-state index in [-0.39, 0.29) is 0 Å². The molecule has 1 heterocycles. The number of nitrogens with zero attached hydrogens (tertiary/aromatic N) is 1. The maximum absolute atomic E-state index is 5.58. The molecular formula is C15H30N2O. The summed E-state index contributed by atoms with van der Waals surface area (Å²) in [4.78, 5) is 2.73. The lowest BCUT2D eigenvalue weighted by Crippen LogP contribution is -2.52. The van der Waals surface area contributed by atoms with Crippen LogP contribution in [0.2, 0.25) is 0 Å². The van der Waals surface area contributed by atoms with Crippen molar-refractivity contribution < 1.29 is 4.74 Å². The molecule has 3 atom stereocenters. The van der Waals surface area contributed by atoms with Gasteiger partial charge in [-0.25, -0.2) is 0 Å². The molecule has 3 nitrogen and oxygen atoms in total.